The molecule has 2 rings (SSSR count). The predicted octanol–water partition coefficient (Wildman–Crippen LogP) is 2.42. The largest absolute Gasteiger partial charge is 0.368 e. The molecule has 1 unspecified atom stereocenters. The Morgan fingerprint density at radius 2 is 1.72 bits per heavy atom. The molecule has 0 aliphatic carbocycles. The van der Waals surface area contributed by atoms with Crippen LogP contribution in [-0.4, -0.2) is 48.9 Å². The maximum atomic E-state index is 13.0. The first-order valence-corrected chi connectivity index (χ1v) is 8.86. The second kappa shape index (κ2) is 7.85. The van der Waals surface area contributed by atoms with E-state index in [2.05, 4.69) is 10.2 Å². The van der Waals surface area contributed by atoms with Gasteiger partial charge < -0.3 is 15.1 Å². The minimum absolute atomic E-state index is 0.0508. The van der Waals surface area contributed by atoms with E-state index >= 15 is 0 Å². The number of piperazine rings is 1. The number of halogens is 1. The number of benzene rings is 1. The van der Waals surface area contributed by atoms with E-state index in [0.29, 0.717) is 26.2 Å². The summed E-state index contributed by atoms with van der Waals surface area (Å²) in [7, 11) is 0. The van der Waals surface area contributed by atoms with Gasteiger partial charge in [-0.1, -0.05) is 6.92 Å². The van der Waals surface area contributed by atoms with Gasteiger partial charge in [0, 0.05) is 37.9 Å². The van der Waals surface area contributed by atoms with Crippen molar-refractivity contribution in [2.75, 3.05) is 31.1 Å². The third-order valence-corrected chi connectivity index (χ3v) is 4.85. The Balaban J connectivity index is 1.95. The van der Waals surface area contributed by atoms with Crippen molar-refractivity contribution in [2.45, 2.75) is 40.2 Å². The summed E-state index contributed by atoms with van der Waals surface area (Å²) < 4.78 is 13.0. The SMILES string of the molecule is CCC(C)NC(=O)C(C)(C)C(=O)N1CCN(c2ccc(F)cc2)CC1. The molecule has 1 aromatic rings. The molecule has 1 heterocycles. The number of amides is 2. The summed E-state index contributed by atoms with van der Waals surface area (Å²) in [5.74, 6) is -0.633. The summed E-state index contributed by atoms with van der Waals surface area (Å²) in [4.78, 5) is 29.1. The van der Waals surface area contributed by atoms with Crippen molar-refractivity contribution in [1.29, 1.82) is 0 Å². The molecule has 138 valence electrons. The van der Waals surface area contributed by atoms with Gasteiger partial charge in [-0.2, -0.15) is 0 Å². The van der Waals surface area contributed by atoms with Crippen LogP contribution < -0.4 is 10.2 Å². The lowest BCUT2D eigenvalue weighted by Crippen LogP contribution is -2.56. The molecule has 5 nitrogen and oxygen atoms in total. The van der Waals surface area contributed by atoms with Crippen molar-refractivity contribution in [2.24, 2.45) is 5.41 Å². The lowest BCUT2D eigenvalue weighted by Gasteiger charge is -2.39. The molecule has 6 heteroatoms. The quantitative estimate of drug-likeness (QED) is 0.831. The lowest BCUT2D eigenvalue weighted by molar-refractivity contribution is -0.149. The molecule has 0 saturated carbocycles. The van der Waals surface area contributed by atoms with Gasteiger partial charge in [-0.05, 0) is 51.5 Å². The Morgan fingerprint density at radius 1 is 1.16 bits per heavy atom. The van der Waals surface area contributed by atoms with Crippen LogP contribution in [-0.2, 0) is 9.59 Å². The first-order chi connectivity index (χ1) is 11.8. The first kappa shape index (κ1) is 19.2. The summed E-state index contributed by atoms with van der Waals surface area (Å²) in [6, 6.07) is 6.42. The molecule has 2 amide bonds. The third-order valence-electron chi connectivity index (χ3n) is 4.85. The maximum Gasteiger partial charge on any atom is 0.237 e. The van der Waals surface area contributed by atoms with Crippen LogP contribution in [0.1, 0.15) is 34.1 Å². The van der Waals surface area contributed by atoms with E-state index in [1.54, 1.807) is 30.9 Å². The monoisotopic (exact) mass is 349 g/mol. The van der Waals surface area contributed by atoms with Crippen LogP contribution >= 0.6 is 0 Å². The van der Waals surface area contributed by atoms with Crippen molar-refractivity contribution < 1.29 is 14.0 Å². The fourth-order valence-corrected chi connectivity index (χ4v) is 2.82. The van der Waals surface area contributed by atoms with Gasteiger partial charge in [0.1, 0.15) is 11.2 Å². The fraction of sp³-hybridized carbons (Fsp3) is 0.579. The highest BCUT2D eigenvalue weighted by molar-refractivity contribution is 6.04. The molecule has 0 radical (unpaired) electrons. The molecule has 1 N–H and O–H groups in total. The molecule has 1 aliphatic rings. The molecule has 1 saturated heterocycles. The third kappa shape index (κ3) is 4.50. The van der Waals surface area contributed by atoms with Gasteiger partial charge >= 0.3 is 0 Å². The number of nitrogens with zero attached hydrogens (tertiary/aromatic N) is 2. The summed E-state index contributed by atoms with van der Waals surface area (Å²) in [6.07, 6.45) is 0.826. The van der Waals surface area contributed by atoms with Gasteiger partial charge in [0.2, 0.25) is 11.8 Å². The minimum Gasteiger partial charge on any atom is -0.368 e. The fourth-order valence-electron chi connectivity index (χ4n) is 2.82. The highest BCUT2D eigenvalue weighted by atomic mass is 19.1. The number of rotatable bonds is 5. The van der Waals surface area contributed by atoms with Gasteiger partial charge in [-0.15, -0.1) is 0 Å². The number of hydrogen-bond donors (Lipinski definition) is 1. The standard InChI is InChI=1S/C19H28FN3O2/c1-5-14(2)21-17(24)19(3,4)18(25)23-12-10-22(11-13-23)16-8-6-15(20)7-9-16/h6-9,14H,5,10-13H2,1-4H3,(H,21,24). The second-order valence-electron chi connectivity index (χ2n) is 7.16. The Hall–Kier alpha value is -2.11. The van der Waals surface area contributed by atoms with E-state index in [9.17, 15) is 14.0 Å². The van der Waals surface area contributed by atoms with E-state index < -0.39 is 5.41 Å². The second-order valence-corrected chi connectivity index (χ2v) is 7.16. The molecule has 0 aromatic heterocycles. The number of carbonyl (C=O) groups is 2. The molecule has 1 aromatic carbocycles. The molecule has 25 heavy (non-hydrogen) atoms. The van der Waals surface area contributed by atoms with Gasteiger partial charge in [0.25, 0.3) is 0 Å². The van der Waals surface area contributed by atoms with E-state index in [0.717, 1.165) is 12.1 Å². The average Bonchev–Trinajstić information content (AvgIpc) is 2.61. The normalized spacial score (nSPS) is 16.5. The zero-order valence-corrected chi connectivity index (χ0v) is 15.5. The maximum absolute atomic E-state index is 13.0. The van der Waals surface area contributed by atoms with Gasteiger partial charge in [0.05, 0.1) is 0 Å². The Labute approximate surface area is 149 Å². The van der Waals surface area contributed by atoms with Crippen LogP contribution in [0.25, 0.3) is 0 Å². The number of carbonyl (C=O) groups excluding carboxylic acids is 2. The minimum atomic E-state index is -1.08. The van der Waals surface area contributed by atoms with Crippen molar-refractivity contribution in [3.8, 4) is 0 Å². The highest BCUT2D eigenvalue weighted by Crippen LogP contribution is 2.23. The molecule has 1 fully saturated rings. The Bertz CT molecular complexity index is 608. The first-order valence-electron chi connectivity index (χ1n) is 8.86. The summed E-state index contributed by atoms with van der Waals surface area (Å²) >= 11 is 0. The van der Waals surface area contributed by atoms with Crippen molar-refractivity contribution in [3.05, 3.63) is 30.1 Å². The van der Waals surface area contributed by atoms with Crippen LogP contribution in [0.3, 0.4) is 0 Å². The zero-order chi connectivity index (χ0) is 18.6. The van der Waals surface area contributed by atoms with E-state index in [4.69, 9.17) is 0 Å². The molecule has 1 aliphatic heterocycles. The van der Waals surface area contributed by atoms with E-state index in [-0.39, 0.29) is 23.7 Å². The molecule has 1 atom stereocenters. The number of anilines is 1. The van der Waals surface area contributed by atoms with Crippen molar-refractivity contribution in [1.82, 2.24) is 10.2 Å². The van der Waals surface area contributed by atoms with Crippen molar-refractivity contribution >= 4 is 17.5 Å². The number of nitrogens with one attached hydrogen (secondary N) is 1. The number of hydrogen-bond acceptors (Lipinski definition) is 3. The van der Waals surface area contributed by atoms with Crippen LogP contribution in [0.5, 0.6) is 0 Å². The van der Waals surface area contributed by atoms with Gasteiger partial charge in [-0.25, -0.2) is 4.39 Å². The summed E-state index contributed by atoms with van der Waals surface area (Å²) in [5.41, 5.74) is -0.135. The molecule has 0 bridgehead atoms. The van der Waals surface area contributed by atoms with Crippen LogP contribution in [0.2, 0.25) is 0 Å². The van der Waals surface area contributed by atoms with Crippen LogP contribution in [0.15, 0.2) is 24.3 Å². The highest BCUT2D eigenvalue weighted by Gasteiger charge is 2.40. The van der Waals surface area contributed by atoms with Crippen molar-refractivity contribution in [3.63, 3.8) is 0 Å². The van der Waals surface area contributed by atoms with Gasteiger partial charge in [0.15, 0.2) is 0 Å². The summed E-state index contributed by atoms with van der Waals surface area (Å²) in [6.45, 7) is 9.72. The predicted molar refractivity (Wildman–Crippen MR) is 96.9 cm³/mol. The van der Waals surface area contributed by atoms with E-state index in [1.807, 2.05) is 13.8 Å². The summed E-state index contributed by atoms with van der Waals surface area (Å²) in [5, 5.41) is 2.90. The Morgan fingerprint density at radius 3 is 2.24 bits per heavy atom. The lowest BCUT2D eigenvalue weighted by atomic mass is 9.89. The smallest absolute Gasteiger partial charge is 0.237 e. The average molecular weight is 349 g/mol. The van der Waals surface area contributed by atoms with Crippen LogP contribution in [0, 0.1) is 11.2 Å². The molecule has 0 spiro atoms. The van der Waals surface area contributed by atoms with Crippen LogP contribution in [0.4, 0.5) is 10.1 Å². The molecular formula is C19H28FN3O2. The molecular weight excluding hydrogens is 321 g/mol. The van der Waals surface area contributed by atoms with E-state index in [1.165, 1.54) is 12.1 Å². The zero-order valence-electron chi connectivity index (χ0n) is 15.5. The Kier molecular flexibility index (Phi) is 6.03. The van der Waals surface area contributed by atoms with Gasteiger partial charge in [-0.3, -0.25) is 9.59 Å². The topological polar surface area (TPSA) is 52.7 Å².